The first-order chi connectivity index (χ1) is 13.3. The highest BCUT2D eigenvalue weighted by molar-refractivity contribution is 7.84. The Labute approximate surface area is 172 Å². The third kappa shape index (κ3) is 7.06. The molecule has 1 fully saturated rings. The number of hydrogen-bond donors (Lipinski definition) is 1. The van der Waals surface area contributed by atoms with Crippen molar-refractivity contribution in [3.63, 3.8) is 0 Å². The second-order valence-electron chi connectivity index (χ2n) is 8.34. The molecule has 0 bridgehead atoms. The molecule has 28 heavy (non-hydrogen) atoms. The van der Waals surface area contributed by atoms with Gasteiger partial charge in [0, 0.05) is 18.6 Å². The van der Waals surface area contributed by atoms with Crippen LogP contribution in [0.15, 0.2) is 43.0 Å². The first kappa shape index (κ1) is 22.6. The van der Waals surface area contributed by atoms with Crippen LogP contribution in [0.4, 0.5) is 4.79 Å². The van der Waals surface area contributed by atoms with E-state index in [4.69, 9.17) is 4.74 Å². The average molecular weight is 407 g/mol. The van der Waals surface area contributed by atoms with E-state index in [1.807, 2.05) is 62.1 Å². The zero-order chi connectivity index (χ0) is 20.6. The molecule has 1 saturated heterocycles. The molecule has 1 aromatic carbocycles. The number of hydrogen-bond acceptors (Lipinski definition) is 3. The Hall–Kier alpha value is -1.66. The minimum absolute atomic E-state index is 0.0186. The minimum atomic E-state index is -1.16. The molecule has 0 radical (unpaired) electrons. The highest BCUT2D eigenvalue weighted by Gasteiger charge is 2.31. The van der Waals surface area contributed by atoms with E-state index < -0.39 is 11.0 Å². The van der Waals surface area contributed by atoms with Gasteiger partial charge in [0.15, 0.2) is 0 Å². The molecule has 1 aliphatic heterocycles. The summed E-state index contributed by atoms with van der Waals surface area (Å²) in [6.07, 6.45) is 6.07. The smallest absolute Gasteiger partial charge is 0.410 e. The van der Waals surface area contributed by atoms with Crippen LogP contribution < -0.4 is 4.72 Å². The molecule has 6 heteroatoms. The van der Waals surface area contributed by atoms with E-state index in [1.54, 1.807) is 0 Å². The quantitative estimate of drug-likeness (QED) is 0.644. The summed E-state index contributed by atoms with van der Waals surface area (Å²) < 4.78 is 21.0. The Morgan fingerprint density at radius 1 is 1.36 bits per heavy atom. The molecular weight excluding hydrogens is 372 g/mol. The molecule has 1 aliphatic rings. The summed E-state index contributed by atoms with van der Waals surface area (Å²) >= 11 is 0. The number of nitrogens with one attached hydrogen (secondary N) is 1. The van der Waals surface area contributed by atoms with Gasteiger partial charge in [-0.05, 0) is 58.4 Å². The molecule has 0 aliphatic carbocycles. The molecule has 1 amide bonds. The maximum Gasteiger partial charge on any atom is 0.410 e. The van der Waals surface area contributed by atoms with E-state index in [9.17, 15) is 9.00 Å². The zero-order valence-corrected chi connectivity index (χ0v) is 18.2. The number of rotatable bonds is 8. The summed E-state index contributed by atoms with van der Waals surface area (Å²) in [6.45, 7) is 10.7. The van der Waals surface area contributed by atoms with Crippen LogP contribution in [-0.4, -0.2) is 38.6 Å². The number of likely N-dealkylation sites (tertiary alicyclic amines) is 1. The first-order valence-corrected chi connectivity index (χ1v) is 11.2. The van der Waals surface area contributed by atoms with Crippen molar-refractivity contribution in [3.8, 4) is 0 Å². The topological polar surface area (TPSA) is 58.6 Å². The minimum Gasteiger partial charge on any atom is -0.445 e. The van der Waals surface area contributed by atoms with Crippen molar-refractivity contribution in [2.75, 3.05) is 6.54 Å². The molecule has 2 rings (SSSR count). The molecule has 1 aromatic rings. The van der Waals surface area contributed by atoms with Crippen molar-refractivity contribution >= 4 is 17.1 Å². The molecule has 5 nitrogen and oxygen atoms in total. The van der Waals surface area contributed by atoms with Gasteiger partial charge in [-0.3, -0.25) is 0 Å². The van der Waals surface area contributed by atoms with Gasteiger partial charge < -0.3 is 9.64 Å². The number of nitrogens with zero attached hydrogens (tertiary/aromatic N) is 1. The summed E-state index contributed by atoms with van der Waals surface area (Å²) in [5.74, 6) is 0. The summed E-state index contributed by atoms with van der Waals surface area (Å²) in [5, 5.41) is 0. The van der Waals surface area contributed by atoms with E-state index >= 15 is 0 Å². The summed E-state index contributed by atoms with van der Waals surface area (Å²) in [6, 6.07) is 9.83. The normalized spacial score (nSPS) is 19.7. The lowest BCUT2D eigenvalue weighted by atomic mass is 9.95. The summed E-state index contributed by atoms with van der Waals surface area (Å²) in [5.41, 5.74) is 0.983. The predicted octanol–water partition coefficient (Wildman–Crippen LogP) is 4.56. The fourth-order valence-corrected chi connectivity index (χ4v) is 4.19. The lowest BCUT2D eigenvalue weighted by Gasteiger charge is -2.37. The fourth-order valence-electron chi connectivity index (χ4n) is 3.34. The van der Waals surface area contributed by atoms with E-state index in [2.05, 4.69) is 11.3 Å². The largest absolute Gasteiger partial charge is 0.445 e. The maximum absolute atomic E-state index is 12.7. The van der Waals surface area contributed by atoms with Crippen LogP contribution in [0.25, 0.3) is 0 Å². The average Bonchev–Trinajstić information content (AvgIpc) is 2.67. The standard InChI is InChI=1S/C22H34N2O3S/c1-5-11-19(23-28(26)22(2,3)4)16-20-14-9-10-15-24(20)21(25)27-17-18-12-7-6-8-13-18/h5-8,12-13,19-20,23H,1,9-11,14-17H2,2-4H3/t19-,20+,28?/m0/s1. The van der Waals surface area contributed by atoms with Gasteiger partial charge >= 0.3 is 6.09 Å². The first-order valence-electron chi connectivity index (χ1n) is 10.1. The molecule has 1 N–H and O–H groups in total. The zero-order valence-electron chi connectivity index (χ0n) is 17.4. The molecule has 0 saturated carbocycles. The third-order valence-electron chi connectivity index (χ3n) is 4.90. The monoisotopic (exact) mass is 406 g/mol. The number of amides is 1. The van der Waals surface area contributed by atoms with E-state index in [0.29, 0.717) is 13.0 Å². The van der Waals surface area contributed by atoms with Gasteiger partial charge in [-0.15, -0.1) is 6.58 Å². The Bertz CT molecular complexity index is 657. The molecule has 0 spiro atoms. The van der Waals surface area contributed by atoms with E-state index in [-0.39, 0.29) is 29.5 Å². The Balaban J connectivity index is 1.98. The van der Waals surface area contributed by atoms with Crippen molar-refractivity contribution in [3.05, 3.63) is 48.6 Å². The van der Waals surface area contributed by atoms with Crippen LogP contribution in [0.1, 0.15) is 58.4 Å². The molecular formula is C22H34N2O3S. The Morgan fingerprint density at radius 3 is 2.71 bits per heavy atom. The van der Waals surface area contributed by atoms with Crippen LogP contribution in [0.3, 0.4) is 0 Å². The van der Waals surface area contributed by atoms with Crippen molar-refractivity contribution < 1.29 is 13.7 Å². The molecule has 1 heterocycles. The number of carbonyl (C=O) groups excluding carboxylic acids is 1. The summed E-state index contributed by atoms with van der Waals surface area (Å²) in [7, 11) is -1.16. The number of benzene rings is 1. The molecule has 0 aromatic heterocycles. The van der Waals surface area contributed by atoms with Crippen molar-refractivity contribution in [2.24, 2.45) is 0 Å². The lowest BCUT2D eigenvalue weighted by molar-refractivity contribution is 0.0640. The molecule has 1 unspecified atom stereocenters. The summed E-state index contributed by atoms with van der Waals surface area (Å²) in [4.78, 5) is 14.6. The van der Waals surface area contributed by atoms with Gasteiger partial charge in [-0.1, -0.05) is 36.4 Å². The van der Waals surface area contributed by atoms with Gasteiger partial charge in [-0.25, -0.2) is 13.7 Å². The van der Waals surface area contributed by atoms with E-state index in [0.717, 1.165) is 31.2 Å². The number of carbonyl (C=O) groups is 1. The van der Waals surface area contributed by atoms with Gasteiger partial charge in [0.05, 0.1) is 15.7 Å². The van der Waals surface area contributed by atoms with Gasteiger partial charge in [0.2, 0.25) is 0 Å². The lowest BCUT2D eigenvalue weighted by Crippen LogP contribution is -2.48. The van der Waals surface area contributed by atoms with Gasteiger partial charge in [0.1, 0.15) is 6.61 Å². The molecule has 156 valence electrons. The Kier molecular flexibility index (Phi) is 8.70. The second-order valence-corrected chi connectivity index (χ2v) is 10.3. The van der Waals surface area contributed by atoms with Crippen LogP contribution >= 0.6 is 0 Å². The van der Waals surface area contributed by atoms with Crippen molar-refractivity contribution in [1.82, 2.24) is 9.62 Å². The van der Waals surface area contributed by atoms with Gasteiger partial charge in [-0.2, -0.15) is 0 Å². The van der Waals surface area contributed by atoms with E-state index in [1.165, 1.54) is 0 Å². The van der Waals surface area contributed by atoms with Gasteiger partial charge in [0.25, 0.3) is 0 Å². The highest BCUT2D eigenvalue weighted by Crippen LogP contribution is 2.24. The third-order valence-corrected chi connectivity index (χ3v) is 6.56. The Morgan fingerprint density at radius 2 is 2.07 bits per heavy atom. The SMILES string of the molecule is C=CC[C@@H](C[C@H]1CCCCN1C(=O)OCc1ccccc1)NS(=O)C(C)(C)C. The van der Waals surface area contributed by atoms with Crippen LogP contribution in [0, 0.1) is 0 Å². The van der Waals surface area contributed by atoms with Crippen molar-refractivity contribution in [1.29, 1.82) is 0 Å². The molecule has 3 atom stereocenters. The fraction of sp³-hybridized carbons (Fsp3) is 0.591. The predicted molar refractivity (Wildman–Crippen MR) is 115 cm³/mol. The number of piperidine rings is 1. The maximum atomic E-state index is 12.7. The second kappa shape index (κ2) is 10.8. The van der Waals surface area contributed by atoms with Crippen molar-refractivity contribution in [2.45, 2.75) is 76.3 Å². The number of ether oxygens (including phenoxy) is 1. The van der Waals surface area contributed by atoms with Crippen LogP contribution in [0.5, 0.6) is 0 Å². The van der Waals surface area contributed by atoms with Crippen LogP contribution in [-0.2, 0) is 22.3 Å². The van der Waals surface area contributed by atoms with Crippen LogP contribution in [0.2, 0.25) is 0 Å². The highest BCUT2D eigenvalue weighted by atomic mass is 32.2.